The molecule has 140 valence electrons. The van der Waals surface area contributed by atoms with Crippen molar-refractivity contribution in [1.29, 1.82) is 0 Å². The van der Waals surface area contributed by atoms with E-state index in [1.54, 1.807) is 0 Å². The van der Waals surface area contributed by atoms with Crippen LogP contribution in [0, 0.1) is 0 Å². The Balaban J connectivity index is 1.66. The van der Waals surface area contributed by atoms with E-state index in [0.29, 0.717) is 17.0 Å². The zero-order valence-electron chi connectivity index (χ0n) is 15.6. The van der Waals surface area contributed by atoms with Crippen LogP contribution < -0.4 is 5.84 Å². The molecule has 1 heterocycles. The highest BCUT2D eigenvalue weighted by Gasteiger charge is 2.27. The van der Waals surface area contributed by atoms with Gasteiger partial charge in [0.1, 0.15) is 0 Å². The van der Waals surface area contributed by atoms with Gasteiger partial charge < -0.3 is 10.7 Å². The molecule has 1 aliphatic carbocycles. The number of benzene rings is 1. The molecule has 26 heavy (non-hydrogen) atoms. The van der Waals surface area contributed by atoms with Gasteiger partial charge in [-0.1, -0.05) is 61.4 Å². The molecule has 2 aromatic rings. The van der Waals surface area contributed by atoms with Crippen molar-refractivity contribution in [2.45, 2.75) is 63.2 Å². The highest BCUT2D eigenvalue weighted by molar-refractivity contribution is 7.99. The Hall–Kier alpha value is -1.95. The van der Waals surface area contributed by atoms with E-state index >= 15 is 0 Å². The van der Waals surface area contributed by atoms with Crippen molar-refractivity contribution in [3.05, 3.63) is 36.5 Å². The van der Waals surface area contributed by atoms with Crippen LogP contribution >= 0.6 is 11.8 Å². The number of carbonyl (C=O) groups is 1. The third-order valence-electron chi connectivity index (χ3n) is 4.91. The van der Waals surface area contributed by atoms with E-state index in [9.17, 15) is 4.79 Å². The number of nitrogens with two attached hydrogens (primary N) is 1. The predicted molar refractivity (Wildman–Crippen MR) is 107 cm³/mol. The van der Waals surface area contributed by atoms with Crippen LogP contribution in [0.5, 0.6) is 0 Å². The number of aromatic nitrogens is 2. The Kier molecular flexibility index (Phi) is 6.25. The maximum Gasteiger partial charge on any atom is 0.233 e. The van der Waals surface area contributed by atoms with E-state index in [4.69, 9.17) is 5.84 Å². The summed E-state index contributed by atoms with van der Waals surface area (Å²) in [5.74, 6) is 6.61. The first kappa shape index (κ1) is 18.8. The molecular weight excluding hydrogens is 344 g/mol. The number of rotatable bonds is 6. The summed E-state index contributed by atoms with van der Waals surface area (Å²) in [4.78, 5) is 19.5. The van der Waals surface area contributed by atoms with Crippen LogP contribution in [-0.4, -0.2) is 38.3 Å². The number of nitrogens with zero attached hydrogens (tertiary/aromatic N) is 3. The molecule has 0 radical (unpaired) electrons. The minimum atomic E-state index is 0.182. The highest BCUT2D eigenvalue weighted by atomic mass is 32.2. The van der Waals surface area contributed by atoms with Gasteiger partial charge in [-0.3, -0.25) is 4.79 Å². The number of amides is 1. The first-order valence-corrected chi connectivity index (χ1v) is 10.4. The Bertz CT molecular complexity index is 723. The van der Waals surface area contributed by atoms with Gasteiger partial charge in [-0.05, 0) is 26.7 Å². The number of hydrogen-bond donors (Lipinski definition) is 1. The van der Waals surface area contributed by atoms with Gasteiger partial charge in [0, 0.05) is 17.6 Å². The summed E-state index contributed by atoms with van der Waals surface area (Å²) in [6.07, 6.45) is 7.79. The second kappa shape index (κ2) is 8.62. The average molecular weight is 373 g/mol. The number of carbonyl (C=O) groups excluding carboxylic acids is 1. The summed E-state index contributed by atoms with van der Waals surface area (Å²) in [6, 6.07) is 10.6. The van der Waals surface area contributed by atoms with Crippen LogP contribution in [0.1, 0.15) is 46.0 Å². The number of hydrogen-bond acceptors (Lipinski definition) is 4. The first-order valence-electron chi connectivity index (χ1n) is 9.40. The van der Waals surface area contributed by atoms with Crippen molar-refractivity contribution >= 4 is 17.7 Å². The molecule has 1 saturated carbocycles. The second-order valence-corrected chi connectivity index (χ2v) is 8.10. The van der Waals surface area contributed by atoms with E-state index < -0.39 is 0 Å². The van der Waals surface area contributed by atoms with Crippen LogP contribution in [0.15, 0.2) is 41.7 Å². The molecule has 0 bridgehead atoms. The molecule has 0 saturated heterocycles. The molecule has 1 aliphatic rings. The Morgan fingerprint density at radius 3 is 2.62 bits per heavy atom. The van der Waals surface area contributed by atoms with Crippen LogP contribution in [0.25, 0.3) is 11.3 Å². The maximum atomic E-state index is 12.9. The van der Waals surface area contributed by atoms with Crippen LogP contribution in [0.3, 0.4) is 0 Å². The minimum Gasteiger partial charge on any atom is -0.337 e. The third kappa shape index (κ3) is 4.41. The van der Waals surface area contributed by atoms with Gasteiger partial charge in [0.05, 0.1) is 17.6 Å². The largest absolute Gasteiger partial charge is 0.337 e. The molecule has 0 unspecified atom stereocenters. The van der Waals surface area contributed by atoms with Crippen molar-refractivity contribution in [2.75, 3.05) is 11.6 Å². The molecular formula is C20H28N4OS. The lowest BCUT2D eigenvalue weighted by atomic mass is 9.93. The first-order chi connectivity index (χ1) is 12.6. The van der Waals surface area contributed by atoms with Crippen LogP contribution in [-0.2, 0) is 4.79 Å². The molecule has 1 aromatic heterocycles. The molecule has 1 aromatic carbocycles. The fraction of sp³-hybridized carbons (Fsp3) is 0.500. The summed E-state index contributed by atoms with van der Waals surface area (Å²) in [5.41, 5.74) is 1.85. The Morgan fingerprint density at radius 1 is 1.27 bits per heavy atom. The van der Waals surface area contributed by atoms with Gasteiger partial charge in [0.2, 0.25) is 5.91 Å². The maximum absolute atomic E-state index is 12.9. The Morgan fingerprint density at radius 2 is 1.96 bits per heavy atom. The molecule has 2 N–H and O–H groups in total. The zero-order chi connectivity index (χ0) is 18.5. The molecule has 0 atom stereocenters. The van der Waals surface area contributed by atoms with Crippen molar-refractivity contribution in [3.63, 3.8) is 0 Å². The summed E-state index contributed by atoms with van der Waals surface area (Å²) in [6.45, 7) is 4.21. The normalized spacial score (nSPS) is 15.3. The van der Waals surface area contributed by atoms with Gasteiger partial charge >= 0.3 is 0 Å². The fourth-order valence-electron chi connectivity index (χ4n) is 3.70. The summed E-state index contributed by atoms with van der Waals surface area (Å²) >= 11 is 1.42. The quantitative estimate of drug-likeness (QED) is 0.616. The SMILES string of the molecule is CC(C)N(C(=O)CSc1nc(-c2ccccc2)cn1N)C1CCCCC1. The van der Waals surface area contributed by atoms with Gasteiger partial charge in [-0.25, -0.2) is 9.66 Å². The van der Waals surface area contributed by atoms with E-state index in [2.05, 4.69) is 23.7 Å². The van der Waals surface area contributed by atoms with Crippen molar-refractivity contribution in [3.8, 4) is 11.3 Å². The predicted octanol–water partition coefficient (Wildman–Crippen LogP) is 3.93. The zero-order valence-corrected chi connectivity index (χ0v) is 16.4. The average Bonchev–Trinajstić information content (AvgIpc) is 3.02. The lowest BCUT2D eigenvalue weighted by molar-refractivity contribution is -0.133. The summed E-state index contributed by atoms with van der Waals surface area (Å²) < 4.78 is 1.51. The summed E-state index contributed by atoms with van der Waals surface area (Å²) in [7, 11) is 0. The van der Waals surface area contributed by atoms with Gasteiger partial charge in [0.25, 0.3) is 0 Å². The van der Waals surface area contributed by atoms with Crippen LogP contribution in [0.4, 0.5) is 0 Å². The molecule has 1 amide bonds. The second-order valence-electron chi connectivity index (χ2n) is 7.16. The van der Waals surface area contributed by atoms with E-state index in [-0.39, 0.29) is 11.9 Å². The number of thioether (sulfide) groups is 1. The highest BCUT2D eigenvalue weighted by Crippen LogP contribution is 2.27. The van der Waals surface area contributed by atoms with E-state index in [1.165, 1.54) is 35.7 Å². The third-order valence-corrected chi connectivity index (χ3v) is 5.86. The van der Waals surface area contributed by atoms with Crippen molar-refractivity contribution in [2.24, 2.45) is 0 Å². The van der Waals surface area contributed by atoms with Gasteiger partial charge in [-0.2, -0.15) is 0 Å². The fourth-order valence-corrected chi connectivity index (χ4v) is 4.47. The minimum absolute atomic E-state index is 0.182. The molecule has 3 rings (SSSR count). The number of nitrogen functional groups attached to an aromatic ring is 1. The van der Waals surface area contributed by atoms with E-state index in [0.717, 1.165) is 24.1 Å². The standard InChI is InChI=1S/C20H28N4OS/c1-15(2)24(17-11-7-4-8-12-17)19(25)14-26-20-22-18(13-23(20)21)16-9-5-3-6-10-16/h3,5-6,9-10,13,15,17H,4,7-8,11-12,14,21H2,1-2H3. The van der Waals surface area contributed by atoms with Gasteiger partial charge in [0.15, 0.2) is 5.16 Å². The number of imidazole rings is 1. The summed E-state index contributed by atoms with van der Waals surface area (Å²) in [5, 5.41) is 0.671. The Labute approximate surface area is 159 Å². The van der Waals surface area contributed by atoms with E-state index in [1.807, 2.05) is 36.5 Å². The van der Waals surface area contributed by atoms with Crippen molar-refractivity contribution < 1.29 is 4.79 Å². The van der Waals surface area contributed by atoms with Crippen LogP contribution in [0.2, 0.25) is 0 Å². The lowest BCUT2D eigenvalue weighted by Gasteiger charge is -2.37. The topological polar surface area (TPSA) is 64.2 Å². The molecule has 5 nitrogen and oxygen atoms in total. The molecule has 0 aliphatic heterocycles. The lowest BCUT2D eigenvalue weighted by Crippen LogP contribution is -2.46. The van der Waals surface area contributed by atoms with Crippen molar-refractivity contribution in [1.82, 2.24) is 14.6 Å². The smallest absolute Gasteiger partial charge is 0.233 e. The molecule has 1 fully saturated rings. The molecule has 0 spiro atoms. The van der Waals surface area contributed by atoms with Gasteiger partial charge in [-0.15, -0.1) is 0 Å². The molecule has 6 heteroatoms. The monoisotopic (exact) mass is 372 g/mol.